The molecule has 0 bridgehead atoms. The van der Waals surface area contributed by atoms with Gasteiger partial charge in [0.1, 0.15) is 18.1 Å². The zero-order valence-corrected chi connectivity index (χ0v) is 19.7. The highest BCUT2D eigenvalue weighted by atomic mass is 16.4. The number of rotatable bonds is 11. The van der Waals surface area contributed by atoms with Gasteiger partial charge >= 0.3 is 5.97 Å². The Labute approximate surface area is 185 Å². The molecule has 1 heterocycles. The molecular weight excluding hydrogens is 400 g/mol. The van der Waals surface area contributed by atoms with Crippen molar-refractivity contribution < 1.29 is 24.3 Å². The summed E-state index contributed by atoms with van der Waals surface area (Å²) in [5.74, 6) is -2.48. The minimum absolute atomic E-state index is 0.195. The van der Waals surface area contributed by atoms with Crippen molar-refractivity contribution in [3.8, 4) is 0 Å². The van der Waals surface area contributed by atoms with Crippen molar-refractivity contribution in [2.24, 2.45) is 23.5 Å². The number of carbonyl (C=O) groups is 4. The maximum atomic E-state index is 13.3. The number of nitrogens with one attached hydrogen (secondary N) is 2. The normalized spacial score (nSPS) is 20.3. The Morgan fingerprint density at radius 1 is 1.06 bits per heavy atom. The van der Waals surface area contributed by atoms with Gasteiger partial charge in [-0.25, -0.2) is 4.79 Å². The molecule has 5 N–H and O–H groups in total. The third-order valence-electron chi connectivity index (χ3n) is 5.91. The SMILES string of the molecule is CCC(C)C(NC(=O)C1CCCN1C(=O)C(NC(=O)C(N)CC(C)C)C(C)C)C(=O)O. The summed E-state index contributed by atoms with van der Waals surface area (Å²) >= 11 is 0. The van der Waals surface area contributed by atoms with Crippen LogP contribution < -0.4 is 16.4 Å². The highest BCUT2D eigenvalue weighted by Gasteiger charge is 2.40. The second-order valence-corrected chi connectivity index (χ2v) is 9.37. The third kappa shape index (κ3) is 7.48. The minimum atomic E-state index is -1.09. The van der Waals surface area contributed by atoms with Gasteiger partial charge in [0.15, 0.2) is 0 Å². The van der Waals surface area contributed by atoms with Crippen molar-refractivity contribution >= 4 is 23.7 Å². The quantitative estimate of drug-likeness (QED) is 0.379. The fraction of sp³-hybridized carbons (Fsp3) is 0.818. The zero-order chi connectivity index (χ0) is 23.9. The van der Waals surface area contributed by atoms with Gasteiger partial charge in [0.25, 0.3) is 0 Å². The molecule has 0 saturated carbocycles. The lowest BCUT2D eigenvalue weighted by Gasteiger charge is -2.32. The number of carboxylic acids is 1. The lowest BCUT2D eigenvalue weighted by molar-refractivity contribution is -0.146. The molecule has 9 nitrogen and oxygen atoms in total. The molecule has 5 atom stereocenters. The van der Waals surface area contributed by atoms with E-state index >= 15 is 0 Å². The zero-order valence-electron chi connectivity index (χ0n) is 19.7. The Morgan fingerprint density at radius 3 is 2.16 bits per heavy atom. The molecule has 0 aliphatic carbocycles. The molecule has 178 valence electrons. The molecule has 5 unspecified atom stereocenters. The van der Waals surface area contributed by atoms with Crippen LogP contribution in [0.4, 0.5) is 0 Å². The maximum absolute atomic E-state index is 13.3. The molecule has 1 aliphatic rings. The van der Waals surface area contributed by atoms with Crippen LogP contribution in [0.2, 0.25) is 0 Å². The van der Waals surface area contributed by atoms with Crippen LogP contribution in [0.25, 0.3) is 0 Å². The number of carbonyl (C=O) groups excluding carboxylic acids is 3. The number of nitrogens with zero attached hydrogens (tertiary/aromatic N) is 1. The summed E-state index contributed by atoms with van der Waals surface area (Å²) < 4.78 is 0. The number of nitrogens with two attached hydrogens (primary N) is 1. The molecule has 0 radical (unpaired) electrons. The summed E-state index contributed by atoms with van der Waals surface area (Å²) in [6, 6.07) is -3.27. The van der Waals surface area contributed by atoms with Crippen LogP contribution in [0.1, 0.15) is 67.2 Å². The summed E-state index contributed by atoms with van der Waals surface area (Å²) in [5.41, 5.74) is 5.96. The van der Waals surface area contributed by atoms with E-state index in [4.69, 9.17) is 5.73 Å². The Kier molecular flexibility index (Phi) is 10.4. The highest BCUT2D eigenvalue weighted by Crippen LogP contribution is 2.21. The first-order valence-corrected chi connectivity index (χ1v) is 11.3. The van der Waals surface area contributed by atoms with Gasteiger partial charge in [-0.2, -0.15) is 0 Å². The van der Waals surface area contributed by atoms with E-state index in [-0.39, 0.29) is 29.6 Å². The van der Waals surface area contributed by atoms with E-state index in [2.05, 4.69) is 10.6 Å². The fourth-order valence-corrected chi connectivity index (χ4v) is 3.80. The average Bonchev–Trinajstić information content (AvgIpc) is 3.17. The lowest BCUT2D eigenvalue weighted by atomic mass is 9.98. The molecule has 0 aromatic rings. The predicted octanol–water partition coefficient (Wildman–Crippen LogP) is 1.11. The third-order valence-corrected chi connectivity index (χ3v) is 5.91. The summed E-state index contributed by atoms with van der Waals surface area (Å²) in [7, 11) is 0. The summed E-state index contributed by atoms with van der Waals surface area (Å²) in [6.45, 7) is 11.6. The Morgan fingerprint density at radius 2 is 1.68 bits per heavy atom. The second-order valence-electron chi connectivity index (χ2n) is 9.37. The van der Waals surface area contributed by atoms with Gasteiger partial charge < -0.3 is 26.4 Å². The fourth-order valence-electron chi connectivity index (χ4n) is 3.80. The molecule has 1 aliphatic heterocycles. The molecule has 0 spiro atoms. The molecule has 31 heavy (non-hydrogen) atoms. The van der Waals surface area contributed by atoms with Crippen molar-refractivity contribution in [2.75, 3.05) is 6.54 Å². The number of hydrogen-bond acceptors (Lipinski definition) is 5. The monoisotopic (exact) mass is 440 g/mol. The first kappa shape index (κ1) is 26.9. The maximum Gasteiger partial charge on any atom is 0.326 e. The topological polar surface area (TPSA) is 142 Å². The second kappa shape index (κ2) is 12.0. The van der Waals surface area contributed by atoms with Gasteiger partial charge in [-0.1, -0.05) is 48.0 Å². The molecule has 0 aromatic carbocycles. The minimum Gasteiger partial charge on any atom is -0.480 e. The van der Waals surface area contributed by atoms with Crippen LogP contribution in [-0.2, 0) is 19.2 Å². The Balaban J connectivity index is 2.93. The van der Waals surface area contributed by atoms with Crippen LogP contribution >= 0.6 is 0 Å². The van der Waals surface area contributed by atoms with Crippen molar-refractivity contribution in [2.45, 2.75) is 91.4 Å². The van der Waals surface area contributed by atoms with E-state index in [1.807, 2.05) is 34.6 Å². The van der Waals surface area contributed by atoms with E-state index in [0.717, 1.165) is 0 Å². The first-order valence-electron chi connectivity index (χ1n) is 11.3. The van der Waals surface area contributed by atoms with Crippen LogP contribution in [0.5, 0.6) is 0 Å². The van der Waals surface area contributed by atoms with Gasteiger partial charge in [0, 0.05) is 6.54 Å². The van der Waals surface area contributed by atoms with Crippen LogP contribution in [0, 0.1) is 17.8 Å². The van der Waals surface area contributed by atoms with Crippen LogP contribution in [0.3, 0.4) is 0 Å². The summed E-state index contributed by atoms with van der Waals surface area (Å²) in [4.78, 5) is 51.7. The molecule has 0 aromatic heterocycles. The summed E-state index contributed by atoms with van der Waals surface area (Å²) in [6.07, 6.45) is 2.20. The van der Waals surface area contributed by atoms with E-state index in [0.29, 0.717) is 32.2 Å². The van der Waals surface area contributed by atoms with Crippen molar-refractivity contribution in [1.29, 1.82) is 0 Å². The van der Waals surface area contributed by atoms with Crippen molar-refractivity contribution in [3.05, 3.63) is 0 Å². The van der Waals surface area contributed by atoms with Gasteiger partial charge in [0.2, 0.25) is 17.7 Å². The van der Waals surface area contributed by atoms with Gasteiger partial charge in [-0.3, -0.25) is 14.4 Å². The van der Waals surface area contributed by atoms with Gasteiger partial charge in [0.05, 0.1) is 6.04 Å². The van der Waals surface area contributed by atoms with E-state index in [1.54, 1.807) is 6.92 Å². The molecule has 9 heteroatoms. The smallest absolute Gasteiger partial charge is 0.326 e. The van der Waals surface area contributed by atoms with Crippen molar-refractivity contribution in [1.82, 2.24) is 15.5 Å². The predicted molar refractivity (Wildman–Crippen MR) is 118 cm³/mol. The van der Waals surface area contributed by atoms with Crippen LogP contribution in [-0.4, -0.2) is 64.4 Å². The molecule has 1 fully saturated rings. The largest absolute Gasteiger partial charge is 0.480 e. The lowest BCUT2D eigenvalue weighted by Crippen LogP contribution is -2.58. The number of likely N-dealkylation sites (tertiary alicyclic amines) is 1. The first-order chi connectivity index (χ1) is 14.4. The van der Waals surface area contributed by atoms with Crippen molar-refractivity contribution in [3.63, 3.8) is 0 Å². The molecule has 1 saturated heterocycles. The number of hydrogen-bond donors (Lipinski definition) is 4. The number of amides is 3. The molecule has 1 rings (SSSR count). The van der Waals surface area contributed by atoms with E-state index in [1.165, 1.54) is 4.90 Å². The Bertz CT molecular complexity index is 652. The molecular formula is C22H40N4O5. The molecule has 3 amide bonds. The average molecular weight is 441 g/mol. The standard InChI is InChI=1S/C22H40N4O5/c1-7-14(6)18(22(30)31)25-20(28)16-9-8-10-26(16)21(29)17(13(4)5)24-19(27)15(23)11-12(2)3/h12-18H,7-11,23H2,1-6H3,(H,24,27)(H,25,28)(H,30,31). The number of aliphatic carboxylic acids is 1. The van der Waals surface area contributed by atoms with E-state index < -0.39 is 36.0 Å². The number of carboxylic acid groups (broad SMARTS) is 1. The van der Waals surface area contributed by atoms with Gasteiger partial charge in [-0.05, 0) is 37.0 Å². The summed E-state index contributed by atoms with van der Waals surface area (Å²) in [5, 5.41) is 14.8. The highest BCUT2D eigenvalue weighted by molar-refractivity contribution is 5.94. The van der Waals surface area contributed by atoms with Crippen LogP contribution in [0.15, 0.2) is 0 Å². The Hall–Kier alpha value is -2.16. The van der Waals surface area contributed by atoms with E-state index in [9.17, 15) is 24.3 Å². The van der Waals surface area contributed by atoms with Gasteiger partial charge in [-0.15, -0.1) is 0 Å².